The molecule has 0 bridgehead atoms. The summed E-state index contributed by atoms with van der Waals surface area (Å²) in [5.41, 5.74) is 2.04. The van der Waals surface area contributed by atoms with Crippen molar-refractivity contribution in [2.75, 3.05) is 0 Å². The number of nitrogens with zero attached hydrogens (tertiary/aromatic N) is 3. The largest absolute Gasteiger partial charge is 0.337 e. The third kappa shape index (κ3) is 3.78. The number of carbonyl (C=O) groups is 1. The lowest BCUT2D eigenvalue weighted by atomic mass is 9.97. The summed E-state index contributed by atoms with van der Waals surface area (Å²) in [5, 5.41) is 3.03. The molecule has 0 radical (unpaired) electrons. The second-order valence-electron chi connectivity index (χ2n) is 6.32. The van der Waals surface area contributed by atoms with E-state index < -0.39 is 0 Å². The highest BCUT2D eigenvalue weighted by Gasteiger charge is 2.28. The fraction of sp³-hybridized carbons (Fsp3) is 0.500. The molecule has 2 aromatic rings. The molecule has 2 atom stereocenters. The van der Waals surface area contributed by atoms with E-state index in [-0.39, 0.29) is 5.91 Å². The third-order valence-electron chi connectivity index (χ3n) is 4.54. The molecule has 1 aliphatic heterocycles. The SMILES string of the molecule is CC1CCCC(C)N1C(=O)CCc1csc(-c2cccnc2)n1. The predicted molar refractivity (Wildman–Crippen MR) is 93.3 cm³/mol. The Morgan fingerprint density at radius 2 is 2.13 bits per heavy atom. The van der Waals surface area contributed by atoms with Crippen LogP contribution in [0.5, 0.6) is 0 Å². The van der Waals surface area contributed by atoms with Gasteiger partial charge in [0.15, 0.2) is 0 Å². The Bertz CT molecular complexity index is 645. The molecule has 0 N–H and O–H groups in total. The number of aromatic nitrogens is 2. The van der Waals surface area contributed by atoms with Gasteiger partial charge in [0.05, 0.1) is 5.69 Å². The molecular formula is C18H23N3OS. The fourth-order valence-electron chi connectivity index (χ4n) is 3.32. The maximum atomic E-state index is 12.6. The van der Waals surface area contributed by atoms with Gasteiger partial charge >= 0.3 is 0 Å². The summed E-state index contributed by atoms with van der Waals surface area (Å²) < 4.78 is 0. The number of hydrogen-bond acceptors (Lipinski definition) is 4. The van der Waals surface area contributed by atoms with E-state index in [1.54, 1.807) is 17.5 Å². The summed E-state index contributed by atoms with van der Waals surface area (Å²) in [5.74, 6) is 0.264. The number of amides is 1. The zero-order valence-electron chi connectivity index (χ0n) is 13.7. The summed E-state index contributed by atoms with van der Waals surface area (Å²) in [6, 6.07) is 4.66. The molecule has 0 saturated carbocycles. The lowest BCUT2D eigenvalue weighted by Gasteiger charge is -2.39. The van der Waals surface area contributed by atoms with Crippen molar-refractivity contribution in [3.8, 4) is 10.6 Å². The van der Waals surface area contributed by atoms with Crippen molar-refractivity contribution in [3.63, 3.8) is 0 Å². The Balaban J connectivity index is 1.60. The van der Waals surface area contributed by atoms with Crippen LogP contribution >= 0.6 is 11.3 Å². The molecule has 2 unspecified atom stereocenters. The number of carbonyl (C=O) groups excluding carboxylic acids is 1. The van der Waals surface area contributed by atoms with Crippen LogP contribution in [0, 0.1) is 0 Å². The molecule has 122 valence electrons. The highest BCUT2D eigenvalue weighted by molar-refractivity contribution is 7.13. The van der Waals surface area contributed by atoms with Crippen molar-refractivity contribution in [1.82, 2.24) is 14.9 Å². The zero-order valence-corrected chi connectivity index (χ0v) is 14.6. The minimum atomic E-state index is 0.264. The lowest BCUT2D eigenvalue weighted by molar-refractivity contribution is -0.137. The van der Waals surface area contributed by atoms with E-state index in [4.69, 9.17) is 0 Å². The van der Waals surface area contributed by atoms with E-state index in [1.165, 1.54) is 6.42 Å². The fourth-order valence-corrected chi connectivity index (χ4v) is 4.17. The molecule has 0 spiro atoms. The first kappa shape index (κ1) is 16.1. The maximum absolute atomic E-state index is 12.6. The lowest BCUT2D eigenvalue weighted by Crippen LogP contribution is -2.47. The number of piperidine rings is 1. The summed E-state index contributed by atoms with van der Waals surface area (Å²) in [7, 11) is 0. The topological polar surface area (TPSA) is 46.1 Å². The van der Waals surface area contributed by atoms with Gasteiger partial charge < -0.3 is 4.90 Å². The molecule has 1 aliphatic rings. The first-order chi connectivity index (χ1) is 11.1. The molecular weight excluding hydrogens is 306 g/mol. The van der Waals surface area contributed by atoms with Crippen LogP contribution in [0.1, 0.15) is 45.2 Å². The van der Waals surface area contributed by atoms with Gasteiger partial charge in [-0.15, -0.1) is 11.3 Å². The molecule has 0 aliphatic carbocycles. The van der Waals surface area contributed by atoms with Crippen LogP contribution in [-0.2, 0) is 11.2 Å². The Kier molecular flexibility index (Phi) is 5.06. The van der Waals surface area contributed by atoms with Crippen molar-refractivity contribution >= 4 is 17.2 Å². The molecule has 3 heterocycles. The van der Waals surface area contributed by atoms with Crippen molar-refractivity contribution in [2.24, 2.45) is 0 Å². The van der Waals surface area contributed by atoms with Crippen LogP contribution in [0.3, 0.4) is 0 Å². The Morgan fingerprint density at radius 3 is 2.83 bits per heavy atom. The predicted octanol–water partition coefficient (Wildman–Crippen LogP) is 3.93. The van der Waals surface area contributed by atoms with Gasteiger partial charge in [-0.3, -0.25) is 9.78 Å². The van der Waals surface area contributed by atoms with Gasteiger partial charge in [-0.2, -0.15) is 0 Å². The summed E-state index contributed by atoms with van der Waals surface area (Å²) in [4.78, 5) is 23.4. The maximum Gasteiger partial charge on any atom is 0.223 e. The molecule has 23 heavy (non-hydrogen) atoms. The molecule has 5 heteroatoms. The van der Waals surface area contributed by atoms with Crippen LogP contribution in [0.25, 0.3) is 10.6 Å². The Hall–Kier alpha value is -1.75. The van der Waals surface area contributed by atoms with Gasteiger partial charge in [-0.25, -0.2) is 4.98 Å². The summed E-state index contributed by atoms with van der Waals surface area (Å²) >= 11 is 1.61. The standard InChI is InChI=1S/C18H23N3OS/c1-13-5-3-6-14(2)21(13)17(22)9-8-16-12-23-18(20-16)15-7-4-10-19-11-15/h4,7,10-14H,3,5-6,8-9H2,1-2H3. The van der Waals surface area contributed by atoms with Crippen molar-refractivity contribution in [3.05, 3.63) is 35.6 Å². The number of likely N-dealkylation sites (tertiary alicyclic amines) is 1. The second-order valence-corrected chi connectivity index (χ2v) is 7.17. The molecule has 2 aromatic heterocycles. The minimum absolute atomic E-state index is 0.264. The van der Waals surface area contributed by atoms with Gasteiger partial charge in [0.1, 0.15) is 5.01 Å². The van der Waals surface area contributed by atoms with Crippen LogP contribution in [0.2, 0.25) is 0 Å². The minimum Gasteiger partial charge on any atom is -0.337 e. The number of thiazole rings is 1. The van der Waals surface area contributed by atoms with Crippen LogP contribution in [0.4, 0.5) is 0 Å². The zero-order chi connectivity index (χ0) is 16.2. The van der Waals surface area contributed by atoms with E-state index in [0.717, 1.165) is 29.1 Å². The van der Waals surface area contributed by atoms with Gasteiger partial charge in [0.25, 0.3) is 0 Å². The molecule has 1 amide bonds. The van der Waals surface area contributed by atoms with E-state index in [9.17, 15) is 4.79 Å². The molecule has 1 saturated heterocycles. The Morgan fingerprint density at radius 1 is 1.35 bits per heavy atom. The normalized spacial score (nSPS) is 21.4. The number of rotatable bonds is 4. The first-order valence-corrected chi connectivity index (χ1v) is 9.19. The van der Waals surface area contributed by atoms with Gasteiger partial charge in [0, 0.05) is 41.8 Å². The van der Waals surface area contributed by atoms with E-state index in [2.05, 4.69) is 34.1 Å². The molecule has 3 rings (SSSR count). The van der Waals surface area contributed by atoms with Gasteiger partial charge in [-0.1, -0.05) is 0 Å². The Labute approximate surface area is 141 Å². The molecule has 0 aromatic carbocycles. The van der Waals surface area contributed by atoms with Crippen LogP contribution in [0.15, 0.2) is 29.9 Å². The number of aryl methyl sites for hydroxylation is 1. The summed E-state index contributed by atoms with van der Waals surface area (Å²) in [6.07, 6.45) is 8.32. The van der Waals surface area contributed by atoms with E-state index >= 15 is 0 Å². The van der Waals surface area contributed by atoms with Gasteiger partial charge in [0.2, 0.25) is 5.91 Å². The van der Waals surface area contributed by atoms with Crippen molar-refractivity contribution < 1.29 is 4.79 Å². The number of hydrogen-bond donors (Lipinski definition) is 0. The van der Waals surface area contributed by atoms with Crippen molar-refractivity contribution in [1.29, 1.82) is 0 Å². The first-order valence-electron chi connectivity index (χ1n) is 8.31. The van der Waals surface area contributed by atoms with Crippen LogP contribution in [-0.4, -0.2) is 32.9 Å². The molecule has 4 nitrogen and oxygen atoms in total. The molecule has 1 fully saturated rings. The van der Waals surface area contributed by atoms with Gasteiger partial charge in [-0.05, 0) is 51.7 Å². The van der Waals surface area contributed by atoms with Crippen molar-refractivity contribution in [2.45, 2.75) is 58.0 Å². The average molecular weight is 329 g/mol. The highest BCUT2D eigenvalue weighted by atomic mass is 32.1. The number of pyridine rings is 1. The average Bonchev–Trinajstić information content (AvgIpc) is 3.02. The second kappa shape index (κ2) is 7.21. The smallest absolute Gasteiger partial charge is 0.223 e. The third-order valence-corrected chi connectivity index (χ3v) is 5.48. The van der Waals surface area contributed by atoms with E-state index in [1.807, 2.05) is 18.3 Å². The monoisotopic (exact) mass is 329 g/mol. The summed E-state index contributed by atoms with van der Waals surface area (Å²) in [6.45, 7) is 4.33. The highest BCUT2D eigenvalue weighted by Crippen LogP contribution is 2.25. The quantitative estimate of drug-likeness (QED) is 0.854. The van der Waals surface area contributed by atoms with E-state index in [0.29, 0.717) is 24.9 Å². The van der Waals surface area contributed by atoms with Crippen LogP contribution < -0.4 is 0 Å².